The Kier molecular flexibility index (Phi) is 4.21. The SMILES string of the molecule is CC1(C)CCCC(CNC(=O)c2nnc(-c3ccns3)o2)O1. The summed E-state index contributed by atoms with van der Waals surface area (Å²) >= 11 is 1.24. The maximum Gasteiger partial charge on any atom is 0.308 e. The van der Waals surface area contributed by atoms with E-state index in [1.165, 1.54) is 11.5 Å². The molecule has 1 aliphatic heterocycles. The molecule has 0 aliphatic carbocycles. The Morgan fingerprint density at radius 2 is 2.36 bits per heavy atom. The quantitative estimate of drug-likeness (QED) is 0.928. The van der Waals surface area contributed by atoms with E-state index in [1.807, 2.05) is 0 Å². The maximum absolute atomic E-state index is 12.1. The molecular formula is C14H18N4O3S. The lowest BCUT2D eigenvalue weighted by molar-refractivity contribution is -0.104. The molecule has 1 N–H and O–H groups in total. The van der Waals surface area contributed by atoms with E-state index in [9.17, 15) is 4.79 Å². The summed E-state index contributed by atoms with van der Waals surface area (Å²) < 4.78 is 15.3. The first-order valence-corrected chi connectivity index (χ1v) is 8.01. The van der Waals surface area contributed by atoms with Crippen LogP contribution in [0.2, 0.25) is 0 Å². The van der Waals surface area contributed by atoms with Crippen LogP contribution >= 0.6 is 11.5 Å². The van der Waals surface area contributed by atoms with Gasteiger partial charge in [0.25, 0.3) is 5.89 Å². The molecule has 2 aromatic heterocycles. The second-order valence-corrected chi connectivity index (χ2v) is 6.72. The predicted octanol–water partition coefficient (Wildman–Crippen LogP) is 2.27. The monoisotopic (exact) mass is 322 g/mol. The summed E-state index contributed by atoms with van der Waals surface area (Å²) in [6.07, 6.45) is 4.76. The van der Waals surface area contributed by atoms with Crippen LogP contribution < -0.4 is 5.32 Å². The van der Waals surface area contributed by atoms with Gasteiger partial charge in [0.1, 0.15) is 4.88 Å². The van der Waals surface area contributed by atoms with E-state index < -0.39 is 0 Å². The van der Waals surface area contributed by atoms with Crippen LogP contribution in [-0.4, -0.2) is 38.7 Å². The van der Waals surface area contributed by atoms with Gasteiger partial charge in [-0.1, -0.05) is 0 Å². The van der Waals surface area contributed by atoms with E-state index in [0.717, 1.165) is 24.1 Å². The largest absolute Gasteiger partial charge is 0.411 e. The second-order valence-electron chi connectivity index (χ2n) is 5.89. The van der Waals surface area contributed by atoms with Crippen LogP contribution in [0.25, 0.3) is 10.8 Å². The van der Waals surface area contributed by atoms with E-state index in [4.69, 9.17) is 9.15 Å². The number of ether oxygens (including phenoxy) is 1. The number of rotatable bonds is 4. The van der Waals surface area contributed by atoms with Gasteiger partial charge < -0.3 is 14.5 Å². The Hall–Kier alpha value is -1.80. The molecule has 1 fully saturated rings. The molecule has 0 spiro atoms. The molecule has 3 heterocycles. The van der Waals surface area contributed by atoms with Gasteiger partial charge in [-0.2, -0.15) is 0 Å². The molecule has 7 nitrogen and oxygen atoms in total. The molecule has 0 radical (unpaired) electrons. The molecule has 0 saturated carbocycles. The summed E-state index contributed by atoms with van der Waals surface area (Å²) in [7, 11) is 0. The third kappa shape index (κ3) is 3.50. The minimum atomic E-state index is -0.379. The lowest BCUT2D eigenvalue weighted by atomic mass is 9.95. The second kappa shape index (κ2) is 6.13. The van der Waals surface area contributed by atoms with Crippen molar-refractivity contribution in [3.05, 3.63) is 18.2 Å². The Morgan fingerprint density at radius 1 is 1.50 bits per heavy atom. The molecule has 1 atom stereocenters. The van der Waals surface area contributed by atoms with Gasteiger partial charge >= 0.3 is 11.8 Å². The van der Waals surface area contributed by atoms with Crippen molar-refractivity contribution in [2.45, 2.75) is 44.8 Å². The smallest absolute Gasteiger partial charge is 0.308 e. The minimum Gasteiger partial charge on any atom is -0.411 e. The number of nitrogens with one attached hydrogen (secondary N) is 1. The zero-order chi connectivity index (χ0) is 15.6. The highest BCUT2D eigenvalue weighted by Gasteiger charge is 2.29. The minimum absolute atomic E-state index is 0.0246. The third-order valence-electron chi connectivity index (χ3n) is 3.55. The Labute approximate surface area is 132 Å². The normalized spacial score (nSPS) is 20.7. The molecule has 2 aromatic rings. The molecule has 3 rings (SSSR count). The highest BCUT2D eigenvalue weighted by molar-refractivity contribution is 7.09. The number of carbonyl (C=O) groups is 1. The van der Waals surface area contributed by atoms with Gasteiger partial charge in [-0.05, 0) is 50.7 Å². The summed E-state index contributed by atoms with van der Waals surface area (Å²) in [4.78, 5) is 12.8. The number of carbonyl (C=O) groups excluding carboxylic acids is 1. The van der Waals surface area contributed by atoms with Gasteiger partial charge in [-0.25, -0.2) is 4.37 Å². The van der Waals surface area contributed by atoms with Crippen LogP contribution in [-0.2, 0) is 4.74 Å². The summed E-state index contributed by atoms with van der Waals surface area (Å²) in [6.45, 7) is 4.58. The molecule has 0 bridgehead atoms. The molecule has 22 heavy (non-hydrogen) atoms. The Bertz CT molecular complexity index is 638. The third-order valence-corrected chi connectivity index (χ3v) is 4.28. The van der Waals surface area contributed by atoms with E-state index >= 15 is 0 Å². The fraction of sp³-hybridized carbons (Fsp3) is 0.571. The van der Waals surface area contributed by atoms with Crippen molar-refractivity contribution >= 4 is 17.4 Å². The molecular weight excluding hydrogens is 304 g/mol. The molecule has 118 valence electrons. The zero-order valence-electron chi connectivity index (χ0n) is 12.5. The van der Waals surface area contributed by atoms with Crippen molar-refractivity contribution in [2.75, 3.05) is 6.54 Å². The van der Waals surface area contributed by atoms with Crippen LogP contribution in [0.3, 0.4) is 0 Å². The maximum atomic E-state index is 12.1. The van der Waals surface area contributed by atoms with Crippen molar-refractivity contribution in [1.82, 2.24) is 19.9 Å². The highest BCUT2D eigenvalue weighted by atomic mass is 32.1. The standard InChI is InChI=1S/C14H18N4O3S/c1-14(2)6-3-4-9(21-14)8-15-11(19)13-18-17-12(20-13)10-5-7-16-22-10/h5,7,9H,3-4,6,8H2,1-2H3,(H,15,19). The van der Waals surface area contributed by atoms with Crippen LogP contribution in [0, 0.1) is 0 Å². The van der Waals surface area contributed by atoms with Crippen molar-refractivity contribution < 1.29 is 13.9 Å². The average molecular weight is 322 g/mol. The van der Waals surface area contributed by atoms with E-state index in [-0.39, 0.29) is 23.5 Å². The number of nitrogens with zero attached hydrogens (tertiary/aromatic N) is 3. The zero-order valence-corrected chi connectivity index (χ0v) is 13.4. The number of hydrogen-bond donors (Lipinski definition) is 1. The number of aromatic nitrogens is 3. The lowest BCUT2D eigenvalue weighted by Crippen LogP contribution is -2.42. The Balaban J connectivity index is 1.56. The summed E-state index contributed by atoms with van der Waals surface area (Å²) in [5.41, 5.74) is -0.128. The first-order chi connectivity index (χ1) is 10.5. The molecule has 1 amide bonds. The van der Waals surface area contributed by atoms with Gasteiger partial charge in [0.05, 0.1) is 11.7 Å². The fourth-order valence-electron chi connectivity index (χ4n) is 2.49. The molecule has 0 aromatic carbocycles. The van der Waals surface area contributed by atoms with Crippen LogP contribution in [0.5, 0.6) is 0 Å². The van der Waals surface area contributed by atoms with Gasteiger partial charge in [0.15, 0.2) is 0 Å². The van der Waals surface area contributed by atoms with Crippen molar-refractivity contribution in [2.24, 2.45) is 0 Å². The summed E-state index contributed by atoms with van der Waals surface area (Å²) in [6, 6.07) is 1.76. The van der Waals surface area contributed by atoms with Gasteiger partial charge in [0.2, 0.25) is 0 Å². The summed E-state index contributed by atoms with van der Waals surface area (Å²) in [5.74, 6) is -0.114. The first-order valence-electron chi connectivity index (χ1n) is 7.24. The molecule has 1 saturated heterocycles. The summed E-state index contributed by atoms with van der Waals surface area (Å²) in [5, 5.41) is 10.4. The van der Waals surface area contributed by atoms with Gasteiger partial charge in [-0.15, -0.1) is 10.2 Å². The van der Waals surface area contributed by atoms with Crippen LogP contribution in [0.15, 0.2) is 16.7 Å². The molecule has 1 aliphatic rings. The van der Waals surface area contributed by atoms with Crippen molar-refractivity contribution in [1.29, 1.82) is 0 Å². The predicted molar refractivity (Wildman–Crippen MR) is 80.5 cm³/mol. The van der Waals surface area contributed by atoms with E-state index in [0.29, 0.717) is 12.4 Å². The topological polar surface area (TPSA) is 90.1 Å². The first kappa shape index (κ1) is 15.1. The number of hydrogen-bond acceptors (Lipinski definition) is 7. The number of amides is 1. The van der Waals surface area contributed by atoms with E-state index in [1.54, 1.807) is 12.3 Å². The Morgan fingerprint density at radius 3 is 3.09 bits per heavy atom. The van der Waals surface area contributed by atoms with E-state index in [2.05, 4.69) is 33.7 Å². The molecule has 8 heteroatoms. The lowest BCUT2D eigenvalue weighted by Gasteiger charge is -2.36. The van der Waals surface area contributed by atoms with Crippen LogP contribution in [0.1, 0.15) is 43.8 Å². The van der Waals surface area contributed by atoms with Gasteiger partial charge in [-0.3, -0.25) is 4.79 Å². The average Bonchev–Trinajstić information content (AvgIpc) is 3.14. The van der Waals surface area contributed by atoms with Gasteiger partial charge in [0, 0.05) is 12.7 Å². The van der Waals surface area contributed by atoms with Crippen LogP contribution in [0.4, 0.5) is 0 Å². The fourth-order valence-corrected chi connectivity index (χ4v) is 3.01. The molecule has 1 unspecified atom stereocenters. The highest BCUT2D eigenvalue weighted by Crippen LogP contribution is 2.27. The van der Waals surface area contributed by atoms with Crippen molar-refractivity contribution in [3.63, 3.8) is 0 Å². The van der Waals surface area contributed by atoms with Crippen molar-refractivity contribution in [3.8, 4) is 10.8 Å².